The molecule has 1 aliphatic heterocycles. The highest BCUT2D eigenvalue weighted by atomic mass is 16.5. The van der Waals surface area contributed by atoms with Crippen molar-refractivity contribution in [3.05, 3.63) is 59.7 Å². The maximum absolute atomic E-state index is 12.0. The minimum atomic E-state index is -0.337. The molecule has 25 heavy (non-hydrogen) atoms. The van der Waals surface area contributed by atoms with Gasteiger partial charge in [0.1, 0.15) is 0 Å². The summed E-state index contributed by atoms with van der Waals surface area (Å²) in [5, 5.41) is 17.0. The fourth-order valence-corrected chi connectivity index (χ4v) is 3.17. The first-order chi connectivity index (χ1) is 12.2. The Hall–Kier alpha value is -3.28. The molecule has 0 bridgehead atoms. The van der Waals surface area contributed by atoms with E-state index in [2.05, 4.69) is 10.2 Å². The van der Waals surface area contributed by atoms with E-state index in [1.165, 1.54) is 7.11 Å². The molecule has 6 nitrogen and oxygen atoms in total. The number of nitrogens with zero attached hydrogens (tertiary/aromatic N) is 1. The Morgan fingerprint density at radius 3 is 2.80 bits per heavy atom. The van der Waals surface area contributed by atoms with E-state index in [-0.39, 0.29) is 24.1 Å². The number of aromatic nitrogens is 2. The van der Waals surface area contributed by atoms with Crippen LogP contribution in [0.2, 0.25) is 0 Å². The van der Waals surface area contributed by atoms with Crippen LogP contribution in [-0.4, -0.2) is 28.4 Å². The lowest BCUT2D eigenvalue weighted by Crippen LogP contribution is -2.20. The number of nitrogens with one attached hydrogen (secondary N) is 1. The molecule has 0 saturated carbocycles. The van der Waals surface area contributed by atoms with Gasteiger partial charge in [-0.3, -0.25) is 9.89 Å². The normalized spacial score (nSPS) is 16.2. The van der Waals surface area contributed by atoms with Crippen molar-refractivity contribution < 1.29 is 19.4 Å². The van der Waals surface area contributed by atoms with E-state index in [1.54, 1.807) is 18.2 Å². The number of esters is 1. The maximum atomic E-state index is 12.0. The van der Waals surface area contributed by atoms with Gasteiger partial charge in [0, 0.05) is 5.92 Å². The molecule has 1 unspecified atom stereocenters. The number of hydrogen-bond acceptors (Lipinski definition) is 5. The summed E-state index contributed by atoms with van der Waals surface area (Å²) in [6.45, 7) is 0. The lowest BCUT2D eigenvalue weighted by atomic mass is 9.85. The molecule has 1 atom stereocenters. The second-order valence-corrected chi connectivity index (χ2v) is 5.85. The summed E-state index contributed by atoms with van der Waals surface area (Å²) in [5.41, 5.74) is 3.47. The van der Waals surface area contributed by atoms with Crippen molar-refractivity contribution in [2.75, 3.05) is 7.11 Å². The molecule has 1 aliphatic rings. The quantitative estimate of drug-likeness (QED) is 0.717. The zero-order valence-electron chi connectivity index (χ0n) is 13.5. The van der Waals surface area contributed by atoms with E-state index in [4.69, 9.17) is 9.47 Å². The van der Waals surface area contributed by atoms with Crippen LogP contribution in [0.1, 0.15) is 23.5 Å². The zero-order chi connectivity index (χ0) is 17.4. The van der Waals surface area contributed by atoms with Crippen LogP contribution in [0, 0.1) is 0 Å². The minimum absolute atomic E-state index is 0.0559. The molecule has 0 spiro atoms. The van der Waals surface area contributed by atoms with Gasteiger partial charge in [-0.1, -0.05) is 36.4 Å². The predicted molar refractivity (Wildman–Crippen MR) is 90.8 cm³/mol. The van der Waals surface area contributed by atoms with Crippen LogP contribution < -0.4 is 9.47 Å². The molecule has 0 aliphatic carbocycles. The van der Waals surface area contributed by atoms with Crippen LogP contribution in [0.15, 0.2) is 48.5 Å². The summed E-state index contributed by atoms with van der Waals surface area (Å²) in [7, 11) is 1.49. The van der Waals surface area contributed by atoms with E-state index in [0.29, 0.717) is 11.6 Å². The molecular weight excluding hydrogens is 320 g/mol. The number of phenolic OH excluding ortho intramolecular Hbond substituents is 1. The van der Waals surface area contributed by atoms with E-state index < -0.39 is 0 Å². The number of aromatic hydroxyl groups is 1. The van der Waals surface area contributed by atoms with Crippen molar-refractivity contribution in [3.63, 3.8) is 0 Å². The van der Waals surface area contributed by atoms with Crippen molar-refractivity contribution >= 4 is 5.97 Å². The average Bonchev–Trinajstić information content (AvgIpc) is 3.06. The Labute approximate surface area is 144 Å². The van der Waals surface area contributed by atoms with E-state index in [1.807, 2.05) is 30.3 Å². The lowest BCUT2D eigenvalue weighted by molar-refractivity contribution is -0.135. The molecule has 126 valence electrons. The number of ether oxygens (including phenoxy) is 2. The van der Waals surface area contributed by atoms with Crippen LogP contribution in [0.5, 0.6) is 17.4 Å². The summed E-state index contributed by atoms with van der Waals surface area (Å²) < 4.78 is 10.5. The van der Waals surface area contributed by atoms with Crippen LogP contribution in [0.25, 0.3) is 11.3 Å². The van der Waals surface area contributed by atoms with Crippen molar-refractivity contribution in [2.45, 2.75) is 12.3 Å². The van der Waals surface area contributed by atoms with Crippen LogP contribution in [-0.2, 0) is 4.79 Å². The van der Waals surface area contributed by atoms with Gasteiger partial charge in [0.25, 0.3) is 0 Å². The molecule has 6 heteroatoms. The Bertz CT molecular complexity index is 934. The van der Waals surface area contributed by atoms with Gasteiger partial charge in [-0.25, -0.2) is 0 Å². The van der Waals surface area contributed by atoms with Gasteiger partial charge < -0.3 is 14.6 Å². The first-order valence-corrected chi connectivity index (χ1v) is 7.88. The van der Waals surface area contributed by atoms with E-state index in [0.717, 1.165) is 22.4 Å². The number of rotatable bonds is 3. The third-order valence-corrected chi connectivity index (χ3v) is 4.37. The van der Waals surface area contributed by atoms with E-state index >= 15 is 0 Å². The molecule has 0 saturated heterocycles. The van der Waals surface area contributed by atoms with Crippen LogP contribution >= 0.6 is 0 Å². The molecule has 1 aromatic heterocycles. The maximum Gasteiger partial charge on any atom is 0.313 e. The molecule has 0 radical (unpaired) electrons. The fourth-order valence-electron chi connectivity index (χ4n) is 3.17. The highest BCUT2D eigenvalue weighted by Gasteiger charge is 2.34. The van der Waals surface area contributed by atoms with Crippen LogP contribution in [0.3, 0.4) is 0 Å². The second kappa shape index (κ2) is 5.98. The van der Waals surface area contributed by atoms with Crippen molar-refractivity contribution in [3.8, 4) is 28.6 Å². The zero-order valence-corrected chi connectivity index (χ0v) is 13.5. The monoisotopic (exact) mass is 336 g/mol. The number of methoxy groups -OCH3 is 1. The van der Waals surface area contributed by atoms with Gasteiger partial charge in [0.15, 0.2) is 11.5 Å². The standard InChI is InChI=1S/C19H16N2O4/c1-24-15-9-12(7-8-14(15)22)13-10-16(23)25-19-17(13)18(20-21-19)11-5-3-2-4-6-11/h2-9,13,22H,10H2,1H3,(H,20,21). The first kappa shape index (κ1) is 15.3. The van der Waals surface area contributed by atoms with E-state index in [9.17, 15) is 9.90 Å². The largest absolute Gasteiger partial charge is 0.504 e. The average molecular weight is 336 g/mol. The Morgan fingerprint density at radius 2 is 2.04 bits per heavy atom. The lowest BCUT2D eigenvalue weighted by Gasteiger charge is -2.23. The summed E-state index contributed by atoms with van der Waals surface area (Å²) in [6, 6.07) is 14.9. The first-order valence-electron chi connectivity index (χ1n) is 7.88. The summed E-state index contributed by atoms with van der Waals surface area (Å²) >= 11 is 0. The summed E-state index contributed by atoms with van der Waals surface area (Å²) in [5.74, 6) is 0.144. The third kappa shape index (κ3) is 2.61. The highest BCUT2D eigenvalue weighted by molar-refractivity contribution is 5.80. The van der Waals surface area contributed by atoms with Gasteiger partial charge >= 0.3 is 5.97 Å². The summed E-state index contributed by atoms with van der Waals surface area (Å²) in [6.07, 6.45) is 0.195. The van der Waals surface area contributed by atoms with Crippen molar-refractivity contribution in [1.82, 2.24) is 10.2 Å². The number of aromatic amines is 1. The topological polar surface area (TPSA) is 84.4 Å². The van der Waals surface area contributed by atoms with Gasteiger partial charge in [-0.15, -0.1) is 5.10 Å². The van der Waals surface area contributed by atoms with Crippen LogP contribution in [0.4, 0.5) is 0 Å². The highest BCUT2D eigenvalue weighted by Crippen LogP contribution is 2.44. The Kier molecular flexibility index (Phi) is 3.65. The summed E-state index contributed by atoms with van der Waals surface area (Å²) in [4.78, 5) is 12.0. The van der Waals surface area contributed by atoms with Gasteiger partial charge in [-0.05, 0) is 23.3 Å². The number of H-pyrrole nitrogens is 1. The van der Waals surface area contributed by atoms with Gasteiger partial charge in [-0.2, -0.15) is 0 Å². The van der Waals surface area contributed by atoms with Crippen molar-refractivity contribution in [2.24, 2.45) is 0 Å². The number of benzene rings is 2. The number of phenols is 1. The molecule has 2 aromatic carbocycles. The number of carbonyl (C=O) groups is 1. The molecule has 2 heterocycles. The minimum Gasteiger partial charge on any atom is -0.504 e. The number of carbonyl (C=O) groups excluding carboxylic acids is 1. The Morgan fingerprint density at radius 1 is 1.24 bits per heavy atom. The predicted octanol–water partition coefficient (Wildman–Crippen LogP) is 3.23. The SMILES string of the molecule is COc1cc(C2CC(=O)Oc3n[nH]c(-c4ccccc4)c32)ccc1O. The number of fused-ring (bicyclic) bond motifs is 1. The molecule has 3 aromatic rings. The molecule has 4 rings (SSSR count). The third-order valence-electron chi connectivity index (χ3n) is 4.37. The smallest absolute Gasteiger partial charge is 0.313 e. The van der Waals surface area contributed by atoms with Gasteiger partial charge in [0.2, 0.25) is 5.88 Å². The number of hydrogen-bond donors (Lipinski definition) is 2. The van der Waals surface area contributed by atoms with Crippen molar-refractivity contribution in [1.29, 1.82) is 0 Å². The van der Waals surface area contributed by atoms with Gasteiger partial charge in [0.05, 0.1) is 24.8 Å². The second-order valence-electron chi connectivity index (χ2n) is 5.85. The molecular formula is C19H16N2O4. The Balaban J connectivity index is 1.86. The fraction of sp³-hybridized carbons (Fsp3) is 0.158. The molecule has 0 fully saturated rings. The molecule has 2 N–H and O–H groups in total. The molecule has 0 amide bonds.